The second-order valence-corrected chi connectivity index (χ2v) is 26.2. The van der Waals surface area contributed by atoms with Crippen LogP contribution >= 0.6 is 0 Å². The van der Waals surface area contributed by atoms with Gasteiger partial charge in [0.2, 0.25) is 10.0 Å². The van der Waals surface area contributed by atoms with Gasteiger partial charge in [-0.3, -0.25) is 9.63 Å². The van der Waals surface area contributed by atoms with Crippen molar-refractivity contribution in [3.05, 3.63) is 71.4 Å². The third-order valence-corrected chi connectivity index (χ3v) is 17.2. The molecule has 1 aromatic heterocycles. The summed E-state index contributed by atoms with van der Waals surface area (Å²) in [6, 6.07) is 15.3. The van der Waals surface area contributed by atoms with Gasteiger partial charge in [0.25, 0.3) is 26.3 Å². The molecule has 2 saturated heterocycles. The minimum atomic E-state index is -4.27. The summed E-state index contributed by atoms with van der Waals surface area (Å²) in [5.74, 6) is -1.01. The Hall–Kier alpha value is -3.19. The number of rotatable bonds is 13. The van der Waals surface area contributed by atoms with Crippen LogP contribution in [0.4, 0.5) is 0 Å². The van der Waals surface area contributed by atoms with Gasteiger partial charge in [-0.05, 0) is 54.1 Å². The largest absolute Gasteiger partial charge is 0.282 e. The summed E-state index contributed by atoms with van der Waals surface area (Å²) < 4.78 is 87.3. The fraction of sp³-hybridized carbons (Fsp3) is 0.515. The molecule has 0 radical (unpaired) electrons. The number of nitrogens with one attached hydrogen (secondary N) is 1. The van der Waals surface area contributed by atoms with Gasteiger partial charge in [0.15, 0.2) is 0 Å². The first-order valence-corrected chi connectivity index (χ1v) is 25.1. The number of nitriles is 1. The van der Waals surface area contributed by atoms with Crippen LogP contribution in [0.3, 0.4) is 0 Å². The summed E-state index contributed by atoms with van der Waals surface area (Å²) in [6.07, 6.45) is 2.34. The molecule has 19 heteroatoms. The number of nitrogens with zero attached hydrogens (tertiary/aromatic N) is 6. The van der Waals surface area contributed by atoms with Crippen molar-refractivity contribution in [2.75, 3.05) is 52.6 Å². The fourth-order valence-electron chi connectivity index (χ4n) is 6.43. The first kappa shape index (κ1) is 40.0. The normalized spacial score (nSPS) is 19.2. The van der Waals surface area contributed by atoms with Gasteiger partial charge in [-0.1, -0.05) is 50.0 Å². The summed E-state index contributed by atoms with van der Waals surface area (Å²) in [5, 5.41) is 10.3. The zero-order valence-corrected chi connectivity index (χ0v) is 33.5. The topological polar surface area (TPSA) is 182 Å². The number of piperazine rings is 1. The van der Waals surface area contributed by atoms with Gasteiger partial charge < -0.3 is 0 Å². The monoisotopic (exact) mass is 793 g/mol. The fourth-order valence-corrected chi connectivity index (χ4v) is 13.7. The van der Waals surface area contributed by atoms with Crippen molar-refractivity contribution in [1.82, 2.24) is 26.7 Å². The summed E-state index contributed by atoms with van der Waals surface area (Å²) in [7, 11) is -10.9. The summed E-state index contributed by atoms with van der Waals surface area (Å²) >= 11 is 0. The molecule has 52 heavy (non-hydrogen) atoms. The lowest BCUT2D eigenvalue weighted by Gasteiger charge is -2.42. The number of carbonyl (C=O) groups excluding carboxylic acids is 1. The van der Waals surface area contributed by atoms with Crippen LogP contribution in [0.2, 0.25) is 25.7 Å². The molecule has 5 rings (SSSR count). The maximum atomic E-state index is 14.2. The van der Waals surface area contributed by atoms with Crippen molar-refractivity contribution < 1.29 is 34.9 Å². The maximum Gasteiger partial charge on any atom is 0.282 e. The Bertz CT molecular complexity index is 2140. The molecular formula is C33H47N7O8S3Si. The highest BCUT2D eigenvalue weighted by Gasteiger charge is 2.46. The molecule has 1 atom stereocenters. The lowest BCUT2D eigenvalue weighted by Crippen LogP contribution is -2.64. The Labute approximate surface area is 308 Å². The van der Waals surface area contributed by atoms with Crippen LogP contribution in [0.1, 0.15) is 35.4 Å². The Kier molecular flexibility index (Phi) is 12.0. The summed E-state index contributed by atoms with van der Waals surface area (Å²) in [4.78, 5) is 18.9. The Morgan fingerprint density at radius 3 is 2.25 bits per heavy atom. The molecule has 0 spiro atoms. The van der Waals surface area contributed by atoms with E-state index in [2.05, 4.69) is 31.2 Å². The molecule has 2 aliphatic heterocycles. The lowest BCUT2D eigenvalue weighted by atomic mass is 9.90. The first-order chi connectivity index (χ1) is 24.3. The van der Waals surface area contributed by atoms with E-state index in [1.54, 1.807) is 36.5 Å². The van der Waals surface area contributed by atoms with E-state index in [0.29, 0.717) is 35.4 Å². The molecule has 1 amide bonds. The highest BCUT2D eigenvalue weighted by molar-refractivity contribution is 7.90. The maximum absolute atomic E-state index is 14.2. The Morgan fingerprint density at radius 2 is 1.63 bits per heavy atom. The SMILES string of the molecule is CN(C)S(=O)(=O)N1CCN(S(=O)(=O)N2CCC(c3cn(S(=O)(=O)CC[Si](C)(C)C)c4ccc(C#N)cc34)CC2)[C@@H](C(=O)NOCc2ccccc2)C1. The molecule has 2 aliphatic rings. The van der Waals surface area contributed by atoms with E-state index >= 15 is 0 Å². The minimum Gasteiger partial charge on any atom is -0.271 e. The zero-order chi connectivity index (χ0) is 38.1. The van der Waals surface area contributed by atoms with Gasteiger partial charge in [0.05, 0.1) is 29.5 Å². The number of fused-ring (bicyclic) bond motifs is 1. The average Bonchev–Trinajstić information content (AvgIpc) is 3.50. The smallest absolute Gasteiger partial charge is 0.271 e. The molecule has 2 aromatic carbocycles. The molecule has 3 aromatic rings. The second kappa shape index (κ2) is 15.7. The average molecular weight is 794 g/mol. The number of hydroxylamine groups is 1. The summed E-state index contributed by atoms with van der Waals surface area (Å²) in [6.45, 7) is 5.69. The molecule has 3 heterocycles. The molecule has 0 bridgehead atoms. The van der Waals surface area contributed by atoms with Gasteiger partial charge in [-0.25, -0.2) is 17.9 Å². The Balaban J connectivity index is 1.36. The van der Waals surface area contributed by atoms with E-state index in [9.17, 15) is 35.3 Å². The van der Waals surface area contributed by atoms with Crippen LogP contribution in [0.15, 0.2) is 54.7 Å². The quantitative estimate of drug-likeness (QED) is 0.201. The van der Waals surface area contributed by atoms with Crippen molar-refractivity contribution in [2.45, 2.75) is 57.1 Å². The highest BCUT2D eigenvalue weighted by atomic mass is 32.2. The predicted octanol–water partition coefficient (Wildman–Crippen LogP) is 2.49. The minimum absolute atomic E-state index is 0.00220. The van der Waals surface area contributed by atoms with Gasteiger partial charge in [-0.2, -0.15) is 39.3 Å². The summed E-state index contributed by atoms with van der Waals surface area (Å²) in [5.41, 5.74) is 4.69. The molecule has 0 aliphatic carbocycles. The zero-order valence-electron chi connectivity index (χ0n) is 30.1. The number of piperidine rings is 1. The van der Waals surface area contributed by atoms with Crippen LogP contribution in [-0.2, 0) is 46.7 Å². The third kappa shape index (κ3) is 8.77. The first-order valence-electron chi connectivity index (χ1n) is 17.0. The van der Waals surface area contributed by atoms with Crippen LogP contribution in [0.25, 0.3) is 10.9 Å². The van der Waals surface area contributed by atoms with Crippen LogP contribution in [0, 0.1) is 11.3 Å². The van der Waals surface area contributed by atoms with Crippen LogP contribution < -0.4 is 5.48 Å². The van der Waals surface area contributed by atoms with Crippen LogP contribution in [0.5, 0.6) is 0 Å². The van der Waals surface area contributed by atoms with E-state index in [4.69, 9.17) is 4.84 Å². The molecule has 1 N–H and O–H groups in total. The predicted molar refractivity (Wildman–Crippen MR) is 201 cm³/mol. The number of hydrogen-bond donors (Lipinski definition) is 1. The third-order valence-electron chi connectivity index (χ3n) is 9.50. The number of hydrogen-bond acceptors (Lipinski definition) is 9. The molecule has 284 valence electrons. The van der Waals surface area contributed by atoms with Crippen molar-refractivity contribution in [3.8, 4) is 6.07 Å². The molecule has 15 nitrogen and oxygen atoms in total. The van der Waals surface area contributed by atoms with Crippen molar-refractivity contribution in [1.29, 1.82) is 5.26 Å². The lowest BCUT2D eigenvalue weighted by molar-refractivity contribution is -0.139. The molecule has 0 unspecified atom stereocenters. The van der Waals surface area contributed by atoms with Crippen molar-refractivity contribution in [3.63, 3.8) is 0 Å². The molecule has 0 saturated carbocycles. The Morgan fingerprint density at radius 1 is 0.962 bits per heavy atom. The van der Waals surface area contributed by atoms with E-state index in [-0.39, 0.29) is 44.5 Å². The molecular weight excluding hydrogens is 747 g/mol. The number of amides is 1. The van der Waals surface area contributed by atoms with Gasteiger partial charge >= 0.3 is 0 Å². The van der Waals surface area contributed by atoms with E-state index in [0.717, 1.165) is 24.0 Å². The van der Waals surface area contributed by atoms with Crippen LogP contribution in [-0.4, -0.2) is 119 Å². The highest BCUT2D eigenvalue weighted by Crippen LogP contribution is 2.37. The van der Waals surface area contributed by atoms with Gasteiger partial charge in [0, 0.05) is 66.5 Å². The van der Waals surface area contributed by atoms with E-state index in [1.165, 1.54) is 22.4 Å². The number of aromatic nitrogens is 1. The standard InChI is InChI=1S/C33H47N7O8S3Si/c1-36(2)50(44,45)38-17-18-39(32(24-38)33(41)35-48-25-26-9-7-6-8-10-26)51(46,47)37-15-13-28(14-16-37)30-23-40(49(42,43)19-20-52(3,4)5)31-12-11-27(22-34)21-29(30)31/h6-12,21,23,28,32H,13-20,24-25H2,1-5H3,(H,35,41)/t32-/m1/s1. The second-order valence-electron chi connectivity index (χ2n) is 14.5. The molecule has 2 fully saturated rings. The van der Waals surface area contributed by atoms with Crippen molar-refractivity contribution in [2.24, 2.45) is 0 Å². The van der Waals surface area contributed by atoms with E-state index < -0.39 is 57.0 Å². The van der Waals surface area contributed by atoms with Gasteiger partial charge in [0.1, 0.15) is 6.04 Å². The number of benzene rings is 2. The van der Waals surface area contributed by atoms with E-state index in [1.807, 2.05) is 18.2 Å². The number of carbonyl (C=O) groups is 1. The van der Waals surface area contributed by atoms with Crippen molar-refractivity contribution >= 4 is 55.3 Å². The van der Waals surface area contributed by atoms with Gasteiger partial charge in [-0.15, -0.1) is 0 Å².